The molecule has 0 aliphatic heterocycles. The van der Waals surface area contributed by atoms with Gasteiger partial charge in [0.2, 0.25) is 0 Å². The predicted molar refractivity (Wildman–Crippen MR) is 73.7 cm³/mol. The van der Waals surface area contributed by atoms with E-state index in [1.165, 1.54) is 19.3 Å². The molecular formula is C12H30INO3S. The van der Waals surface area contributed by atoms with Crippen molar-refractivity contribution in [1.29, 1.82) is 0 Å². The minimum absolute atomic E-state index is 0. The minimum Gasteiger partial charge on any atom is -1.00 e. The van der Waals surface area contributed by atoms with E-state index in [-0.39, 0.29) is 29.7 Å². The van der Waals surface area contributed by atoms with Gasteiger partial charge in [-0.25, -0.2) is 0 Å². The third-order valence-electron chi connectivity index (χ3n) is 1.76. The van der Waals surface area contributed by atoms with Crippen LogP contribution >= 0.6 is 0 Å². The molecule has 0 radical (unpaired) electrons. The first-order chi connectivity index (χ1) is 7.56. The molecule has 0 spiro atoms. The van der Waals surface area contributed by atoms with Gasteiger partial charge in [-0.1, -0.05) is 39.0 Å². The van der Waals surface area contributed by atoms with Crippen molar-refractivity contribution in [2.45, 2.75) is 45.4 Å². The molecule has 0 saturated heterocycles. The summed E-state index contributed by atoms with van der Waals surface area (Å²) in [6.07, 6.45) is 6.14. The fourth-order valence-electron chi connectivity index (χ4n) is 1.06. The van der Waals surface area contributed by atoms with Crippen LogP contribution in [0.2, 0.25) is 0 Å². The molecule has 0 rings (SSSR count). The van der Waals surface area contributed by atoms with E-state index in [2.05, 4.69) is 35.1 Å². The van der Waals surface area contributed by atoms with Crippen molar-refractivity contribution in [1.82, 2.24) is 0 Å². The van der Waals surface area contributed by atoms with Gasteiger partial charge in [0.25, 0.3) is 10.1 Å². The van der Waals surface area contributed by atoms with Gasteiger partial charge >= 0.3 is 0 Å². The van der Waals surface area contributed by atoms with Crippen LogP contribution in [0.3, 0.4) is 0 Å². The summed E-state index contributed by atoms with van der Waals surface area (Å²) in [5.41, 5.74) is 0. The average molecular weight is 395 g/mol. The van der Waals surface area contributed by atoms with Gasteiger partial charge in [-0.15, -0.1) is 0 Å². The zero-order valence-corrected chi connectivity index (χ0v) is 15.4. The quantitative estimate of drug-likeness (QED) is 0.275. The van der Waals surface area contributed by atoms with Gasteiger partial charge in [0.05, 0.1) is 33.9 Å². The number of unbranched alkanes of at least 4 members (excludes halogenated alkanes) is 5. The van der Waals surface area contributed by atoms with Gasteiger partial charge in [-0.05, 0) is 6.42 Å². The summed E-state index contributed by atoms with van der Waals surface area (Å²) >= 11 is 0. The van der Waals surface area contributed by atoms with E-state index < -0.39 is 10.1 Å². The Labute approximate surface area is 131 Å². The number of hydrogen-bond acceptors (Lipinski definition) is 2. The average Bonchev–Trinajstić information content (AvgIpc) is 2.06. The molecule has 0 atom stereocenters. The summed E-state index contributed by atoms with van der Waals surface area (Å²) in [5, 5.41) is 0. The van der Waals surface area contributed by atoms with Gasteiger partial charge in [0.1, 0.15) is 0 Å². The Morgan fingerprint density at radius 1 is 0.889 bits per heavy atom. The van der Waals surface area contributed by atoms with Crippen molar-refractivity contribution in [3.05, 3.63) is 0 Å². The zero-order valence-electron chi connectivity index (χ0n) is 12.4. The second kappa shape index (κ2) is 12.6. The van der Waals surface area contributed by atoms with E-state index in [1.807, 2.05) is 0 Å². The molecular weight excluding hydrogens is 365 g/mol. The Balaban J connectivity index is -0.000000321. The molecule has 18 heavy (non-hydrogen) atoms. The molecule has 0 aliphatic carbocycles. The van der Waals surface area contributed by atoms with E-state index in [0.29, 0.717) is 6.42 Å². The van der Waals surface area contributed by atoms with E-state index in [1.54, 1.807) is 0 Å². The predicted octanol–water partition coefficient (Wildman–Crippen LogP) is -0.439. The second-order valence-electron chi connectivity index (χ2n) is 5.74. The summed E-state index contributed by atoms with van der Waals surface area (Å²) in [6, 6.07) is 0. The van der Waals surface area contributed by atoms with Crippen molar-refractivity contribution in [2.24, 2.45) is 0 Å². The summed E-state index contributed by atoms with van der Waals surface area (Å²) in [4.78, 5) is 0. The molecule has 0 aliphatic rings. The number of nitrogens with zero attached hydrogens (tertiary/aromatic N) is 1. The van der Waals surface area contributed by atoms with Crippen LogP contribution in [0.15, 0.2) is 0 Å². The zero-order chi connectivity index (χ0) is 13.9. The van der Waals surface area contributed by atoms with Crippen LogP contribution in [0.1, 0.15) is 45.4 Å². The number of hydrogen-bond donors (Lipinski definition) is 1. The highest BCUT2D eigenvalue weighted by molar-refractivity contribution is 7.85. The lowest BCUT2D eigenvalue weighted by atomic mass is 10.1. The minimum atomic E-state index is -3.72. The molecule has 0 fully saturated rings. The lowest BCUT2D eigenvalue weighted by Crippen LogP contribution is -3.00. The molecule has 114 valence electrons. The molecule has 4 nitrogen and oxygen atoms in total. The van der Waals surface area contributed by atoms with Crippen molar-refractivity contribution in [2.75, 3.05) is 33.9 Å². The molecule has 1 N–H and O–H groups in total. The lowest BCUT2D eigenvalue weighted by molar-refractivity contribution is -0.849. The Bertz CT molecular complexity index is 255. The van der Waals surface area contributed by atoms with Gasteiger partial charge in [-0.3, -0.25) is 4.55 Å². The third-order valence-corrected chi connectivity index (χ3v) is 2.56. The molecule has 0 aromatic carbocycles. The molecule has 0 saturated carbocycles. The first kappa shape index (κ1) is 23.7. The van der Waals surface area contributed by atoms with Gasteiger partial charge < -0.3 is 28.5 Å². The normalized spacial score (nSPS) is 11.2. The fourth-order valence-corrected chi connectivity index (χ4v) is 1.63. The largest absolute Gasteiger partial charge is 1.00 e. The van der Waals surface area contributed by atoms with Crippen LogP contribution in [-0.2, 0) is 10.1 Å². The van der Waals surface area contributed by atoms with Gasteiger partial charge in [0.15, 0.2) is 0 Å². The fraction of sp³-hybridized carbons (Fsp3) is 1.00. The highest BCUT2D eigenvalue weighted by Crippen LogP contribution is 2.05. The Kier molecular flexibility index (Phi) is 16.6. The highest BCUT2D eigenvalue weighted by Gasteiger charge is 2.02. The van der Waals surface area contributed by atoms with E-state index in [9.17, 15) is 8.42 Å². The number of rotatable bonds is 7. The monoisotopic (exact) mass is 395 g/mol. The first-order valence-electron chi connectivity index (χ1n) is 6.30. The maximum Gasteiger partial charge on any atom is 0.264 e. The molecule has 0 aromatic rings. The molecule has 0 heterocycles. The molecule has 0 bridgehead atoms. The Hall–Kier alpha value is 0.600. The van der Waals surface area contributed by atoms with Crippen molar-refractivity contribution < 1.29 is 41.4 Å². The van der Waals surface area contributed by atoms with Crippen molar-refractivity contribution in [3.63, 3.8) is 0 Å². The summed E-state index contributed by atoms with van der Waals surface area (Å²) in [7, 11) is 4.78. The molecule has 0 amide bonds. The summed E-state index contributed by atoms with van der Waals surface area (Å²) < 4.78 is 29.9. The number of halogens is 1. The van der Waals surface area contributed by atoms with Crippen LogP contribution in [0.4, 0.5) is 0 Å². The maximum atomic E-state index is 10.3. The SMILES string of the molecule is CCCCCCCCS(=O)(=O)O.C[N+](C)(C)C.[I-]. The highest BCUT2D eigenvalue weighted by atomic mass is 127. The van der Waals surface area contributed by atoms with E-state index >= 15 is 0 Å². The Morgan fingerprint density at radius 3 is 1.56 bits per heavy atom. The van der Waals surface area contributed by atoms with Crippen molar-refractivity contribution in [3.8, 4) is 0 Å². The third kappa shape index (κ3) is 43.8. The topological polar surface area (TPSA) is 54.4 Å². The second-order valence-corrected chi connectivity index (χ2v) is 7.31. The van der Waals surface area contributed by atoms with Crippen LogP contribution in [0, 0.1) is 0 Å². The van der Waals surface area contributed by atoms with E-state index in [4.69, 9.17) is 4.55 Å². The van der Waals surface area contributed by atoms with Crippen LogP contribution in [0.5, 0.6) is 0 Å². The van der Waals surface area contributed by atoms with E-state index in [0.717, 1.165) is 17.3 Å². The molecule has 0 aromatic heterocycles. The lowest BCUT2D eigenvalue weighted by Gasteiger charge is -2.14. The van der Waals surface area contributed by atoms with Gasteiger partial charge in [0, 0.05) is 0 Å². The van der Waals surface area contributed by atoms with Crippen LogP contribution in [0.25, 0.3) is 0 Å². The summed E-state index contributed by atoms with van der Waals surface area (Å²) in [5.74, 6) is -0.0842. The number of quaternary nitrogens is 1. The maximum absolute atomic E-state index is 10.3. The van der Waals surface area contributed by atoms with Crippen LogP contribution < -0.4 is 24.0 Å². The standard InChI is InChI=1S/C8H18O3S.C4H12N.HI/c1-2-3-4-5-6-7-8-12(9,10)11;1-5(2,3)4;/h2-8H2,1H3,(H,9,10,11);1-4H3;1H/q;+1;/p-1. The molecule has 6 heteroatoms. The first-order valence-corrected chi connectivity index (χ1v) is 7.91. The molecule has 0 unspecified atom stereocenters. The smallest absolute Gasteiger partial charge is 0.264 e. The van der Waals surface area contributed by atoms with Gasteiger partial charge in [-0.2, -0.15) is 8.42 Å². The Morgan fingerprint density at radius 2 is 1.22 bits per heavy atom. The summed E-state index contributed by atoms with van der Waals surface area (Å²) in [6.45, 7) is 2.14. The van der Waals surface area contributed by atoms with Crippen molar-refractivity contribution >= 4 is 10.1 Å². The van der Waals surface area contributed by atoms with Crippen LogP contribution in [-0.4, -0.2) is 51.4 Å².